The van der Waals surface area contributed by atoms with Crippen molar-refractivity contribution in [3.8, 4) is 0 Å². The first-order chi connectivity index (χ1) is 8.59. The smallest absolute Gasteiger partial charge is 0.310 e. The van der Waals surface area contributed by atoms with E-state index >= 15 is 0 Å². The Hall–Kier alpha value is -1.14. The van der Waals surface area contributed by atoms with Crippen molar-refractivity contribution >= 4 is 11.9 Å². The van der Waals surface area contributed by atoms with Gasteiger partial charge in [0, 0.05) is 20.2 Å². The predicted octanol–water partition coefficient (Wildman–Crippen LogP) is -0.454. The maximum absolute atomic E-state index is 12.5. The summed E-state index contributed by atoms with van der Waals surface area (Å²) >= 11 is 0. The topological polar surface area (TPSA) is 78.9 Å². The van der Waals surface area contributed by atoms with E-state index in [0.717, 1.165) is 25.9 Å². The van der Waals surface area contributed by atoms with Crippen molar-refractivity contribution < 1.29 is 19.4 Å². The molecule has 2 saturated heterocycles. The summed E-state index contributed by atoms with van der Waals surface area (Å²) in [4.78, 5) is 24.9. The van der Waals surface area contributed by atoms with Crippen LogP contribution in [0.1, 0.15) is 12.8 Å². The number of amides is 1. The molecule has 0 bridgehead atoms. The number of hydrogen-bond donors (Lipinski definition) is 2. The maximum atomic E-state index is 12.5. The largest absolute Gasteiger partial charge is 0.481 e. The summed E-state index contributed by atoms with van der Waals surface area (Å²) < 4.78 is 5.21. The SMILES string of the molecule is COCC1(C(=O)N2CC(C(=O)O)C2)CCNCC1. The van der Waals surface area contributed by atoms with Gasteiger partial charge in [-0.3, -0.25) is 9.59 Å². The zero-order chi connectivity index (χ0) is 13.2. The van der Waals surface area contributed by atoms with Gasteiger partial charge < -0.3 is 20.1 Å². The van der Waals surface area contributed by atoms with Crippen LogP contribution >= 0.6 is 0 Å². The highest BCUT2D eigenvalue weighted by atomic mass is 16.5. The maximum Gasteiger partial charge on any atom is 0.310 e. The average Bonchev–Trinajstić information content (AvgIpc) is 2.28. The summed E-state index contributed by atoms with van der Waals surface area (Å²) in [6.07, 6.45) is 1.52. The number of piperidine rings is 1. The number of carbonyl (C=O) groups excluding carboxylic acids is 1. The van der Waals surface area contributed by atoms with Gasteiger partial charge in [-0.1, -0.05) is 0 Å². The van der Waals surface area contributed by atoms with Crippen molar-refractivity contribution in [2.24, 2.45) is 11.3 Å². The van der Waals surface area contributed by atoms with Crippen LogP contribution in [0.15, 0.2) is 0 Å². The number of hydrogen-bond acceptors (Lipinski definition) is 4. The van der Waals surface area contributed by atoms with Gasteiger partial charge in [0.15, 0.2) is 0 Å². The van der Waals surface area contributed by atoms with Crippen LogP contribution in [0.5, 0.6) is 0 Å². The number of carboxylic acids is 1. The van der Waals surface area contributed by atoms with E-state index in [-0.39, 0.29) is 5.91 Å². The minimum atomic E-state index is -0.815. The molecule has 6 nitrogen and oxygen atoms in total. The van der Waals surface area contributed by atoms with Crippen LogP contribution in [0.25, 0.3) is 0 Å². The first-order valence-corrected chi connectivity index (χ1v) is 6.31. The molecule has 102 valence electrons. The van der Waals surface area contributed by atoms with Gasteiger partial charge in [-0.05, 0) is 25.9 Å². The summed E-state index contributed by atoms with van der Waals surface area (Å²) in [6, 6.07) is 0. The van der Waals surface area contributed by atoms with Gasteiger partial charge in [0.05, 0.1) is 17.9 Å². The molecule has 0 aromatic carbocycles. The van der Waals surface area contributed by atoms with Gasteiger partial charge >= 0.3 is 5.97 Å². The van der Waals surface area contributed by atoms with Crippen LogP contribution in [0.2, 0.25) is 0 Å². The number of carboxylic acid groups (broad SMARTS) is 1. The van der Waals surface area contributed by atoms with Gasteiger partial charge in [-0.2, -0.15) is 0 Å². The Morgan fingerprint density at radius 3 is 2.50 bits per heavy atom. The molecule has 0 saturated carbocycles. The Kier molecular flexibility index (Phi) is 3.87. The second-order valence-electron chi connectivity index (χ2n) is 5.21. The van der Waals surface area contributed by atoms with Crippen LogP contribution in [0.3, 0.4) is 0 Å². The highest BCUT2D eigenvalue weighted by molar-refractivity contribution is 5.86. The second-order valence-corrected chi connectivity index (χ2v) is 5.21. The number of methoxy groups -OCH3 is 1. The summed E-state index contributed by atoms with van der Waals surface area (Å²) in [7, 11) is 1.60. The minimum Gasteiger partial charge on any atom is -0.481 e. The van der Waals surface area contributed by atoms with Gasteiger partial charge in [0.2, 0.25) is 5.91 Å². The molecule has 0 aromatic heterocycles. The summed E-state index contributed by atoms with van der Waals surface area (Å²) in [5.41, 5.74) is -0.455. The molecule has 1 amide bonds. The van der Waals surface area contributed by atoms with Gasteiger partial charge in [-0.25, -0.2) is 0 Å². The lowest BCUT2D eigenvalue weighted by atomic mass is 9.77. The number of nitrogens with zero attached hydrogens (tertiary/aromatic N) is 1. The second kappa shape index (κ2) is 5.24. The molecule has 0 spiro atoms. The zero-order valence-electron chi connectivity index (χ0n) is 10.6. The summed E-state index contributed by atoms with van der Waals surface area (Å²) in [5.74, 6) is -1.15. The van der Waals surface area contributed by atoms with Crippen molar-refractivity contribution in [2.45, 2.75) is 12.8 Å². The highest BCUT2D eigenvalue weighted by Crippen LogP contribution is 2.34. The van der Waals surface area contributed by atoms with Crippen LogP contribution in [0, 0.1) is 11.3 Å². The lowest BCUT2D eigenvalue weighted by Gasteiger charge is -2.45. The number of nitrogens with one attached hydrogen (secondary N) is 1. The Bertz CT molecular complexity index is 327. The van der Waals surface area contributed by atoms with E-state index in [9.17, 15) is 9.59 Å². The number of ether oxygens (including phenoxy) is 1. The third kappa shape index (κ3) is 2.35. The molecule has 2 heterocycles. The van der Waals surface area contributed by atoms with Crippen LogP contribution in [-0.4, -0.2) is 61.8 Å². The molecule has 0 radical (unpaired) electrons. The minimum absolute atomic E-state index is 0.0587. The lowest BCUT2D eigenvalue weighted by Crippen LogP contribution is -2.60. The normalized spacial score (nSPS) is 23.5. The van der Waals surface area contributed by atoms with Gasteiger partial charge in [0.25, 0.3) is 0 Å². The van der Waals surface area contributed by atoms with Crippen molar-refractivity contribution in [1.29, 1.82) is 0 Å². The van der Waals surface area contributed by atoms with E-state index in [4.69, 9.17) is 9.84 Å². The number of aliphatic carboxylic acids is 1. The zero-order valence-corrected chi connectivity index (χ0v) is 10.6. The number of carbonyl (C=O) groups is 2. The van der Waals surface area contributed by atoms with E-state index in [1.165, 1.54) is 0 Å². The first kappa shape index (κ1) is 13.3. The third-order valence-corrected chi connectivity index (χ3v) is 3.95. The number of likely N-dealkylation sites (tertiary alicyclic amines) is 1. The van der Waals surface area contributed by atoms with Crippen LogP contribution in [-0.2, 0) is 14.3 Å². The Morgan fingerprint density at radius 1 is 1.39 bits per heavy atom. The van der Waals surface area contributed by atoms with Gasteiger partial charge in [-0.15, -0.1) is 0 Å². The van der Waals surface area contributed by atoms with Crippen molar-refractivity contribution in [1.82, 2.24) is 10.2 Å². The summed E-state index contributed by atoms with van der Waals surface area (Å²) in [6.45, 7) is 2.72. The van der Waals surface area contributed by atoms with E-state index in [1.54, 1.807) is 12.0 Å². The molecule has 6 heteroatoms. The van der Waals surface area contributed by atoms with Crippen LogP contribution in [0.4, 0.5) is 0 Å². The van der Waals surface area contributed by atoms with Crippen molar-refractivity contribution in [2.75, 3.05) is 39.9 Å². The molecule has 2 N–H and O–H groups in total. The van der Waals surface area contributed by atoms with E-state index in [0.29, 0.717) is 19.7 Å². The fraction of sp³-hybridized carbons (Fsp3) is 0.833. The van der Waals surface area contributed by atoms with E-state index < -0.39 is 17.3 Å². The quantitative estimate of drug-likeness (QED) is 0.712. The highest BCUT2D eigenvalue weighted by Gasteiger charge is 2.46. The average molecular weight is 256 g/mol. The fourth-order valence-corrected chi connectivity index (χ4v) is 2.74. The Labute approximate surface area is 106 Å². The predicted molar refractivity (Wildman–Crippen MR) is 64.1 cm³/mol. The van der Waals surface area contributed by atoms with Crippen LogP contribution < -0.4 is 5.32 Å². The van der Waals surface area contributed by atoms with Gasteiger partial charge in [0.1, 0.15) is 0 Å². The molecule has 18 heavy (non-hydrogen) atoms. The molecule has 0 atom stereocenters. The monoisotopic (exact) mass is 256 g/mol. The molecule has 2 rings (SSSR count). The molecular weight excluding hydrogens is 236 g/mol. The molecular formula is C12H20N2O4. The fourth-order valence-electron chi connectivity index (χ4n) is 2.74. The Morgan fingerprint density at radius 2 is 2.00 bits per heavy atom. The third-order valence-electron chi connectivity index (χ3n) is 3.95. The molecule has 0 aliphatic carbocycles. The molecule has 2 fully saturated rings. The molecule has 0 aromatic rings. The van der Waals surface area contributed by atoms with E-state index in [1.807, 2.05) is 0 Å². The van der Waals surface area contributed by atoms with E-state index in [2.05, 4.69) is 5.32 Å². The lowest BCUT2D eigenvalue weighted by molar-refractivity contribution is -0.161. The number of rotatable bonds is 4. The summed E-state index contributed by atoms with van der Waals surface area (Å²) in [5, 5.41) is 12.1. The van der Waals surface area contributed by atoms with Crippen molar-refractivity contribution in [3.05, 3.63) is 0 Å². The standard InChI is InChI=1S/C12H20N2O4/c1-18-8-12(2-4-13-5-3-12)11(17)14-6-9(7-14)10(15)16/h9,13H,2-8H2,1H3,(H,15,16). The molecule has 0 unspecified atom stereocenters. The van der Waals surface area contributed by atoms with Crippen molar-refractivity contribution in [3.63, 3.8) is 0 Å². The Balaban J connectivity index is 1.99. The first-order valence-electron chi connectivity index (χ1n) is 6.31. The molecule has 2 aliphatic rings. The molecule has 2 aliphatic heterocycles.